The third-order valence-electron chi connectivity index (χ3n) is 9.77. The molecule has 5 rings (SSSR count). The van der Waals surface area contributed by atoms with Crippen molar-refractivity contribution in [3.05, 3.63) is 36.4 Å². The number of fused-ring (bicyclic) bond motifs is 3. The van der Waals surface area contributed by atoms with E-state index in [1.807, 2.05) is 54.8 Å². The fraction of sp³-hybridized carbons (Fsp3) is 0.639. The first-order chi connectivity index (χ1) is 23.9. The van der Waals surface area contributed by atoms with E-state index in [4.69, 9.17) is 14.5 Å². The van der Waals surface area contributed by atoms with Gasteiger partial charge in [-0.3, -0.25) is 19.0 Å². The van der Waals surface area contributed by atoms with Crippen LogP contribution in [0.4, 0.5) is 4.79 Å². The van der Waals surface area contributed by atoms with Gasteiger partial charge < -0.3 is 19.7 Å². The molecule has 3 aliphatic rings. The summed E-state index contributed by atoms with van der Waals surface area (Å²) in [5.41, 5.74) is -0.444. The van der Waals surface area contributed by atoms with Gasteiger partial charge in [0.1, 0.15) is 17.7 Å². The summed E-state index contributed by atoms with van der Waals surface area (Å²) in [5, 5.41) is 2.76. The molecule has 1 aromatic carbocycles. The Hall–Kier alpha value is -3.98. The summed E-state index contributed by atoms with van der Waals surface area (Å²) in [7, 11) is -1.48. The first-order valence-electron chi connectivity index (χ1n) is 17.8. The van der Waals surface area contributed by atoms with Crippen molar-refractivity contribution in [1.29, 1.82) is 0 Å². The molecule has 1 aromatic heterocycles. The summed E-state index contributed by atoms with van der Waals surface area (Å²) in [6.45, 7) is 9.28. The van der Waals surface area contributed by atoms with Gasteiger partial charge in [0.15, 0.2) is 5.78 Å². The zero-order valence-electron chi connectivity index (χ0n) is 30.7. The number of nitrogens with one attached hydrogen (secondary N) is 2. The Morgan fingerprint density at radius 3 is 2.51 bits per heavy atom. The van der Waals surface area contributed by atoms with Gasteiger partial charge in [-0.25, -0.2) is 9.52 Å². The Labute approximate surface area is 300 Å². The maximum Gasteiger partial charge on any atom is 0.408 e. The van der Waals surface area contributed by atoms with Crippen LogP contribution in [0.2, 0.25) is 0 Å². The predicted molar refractivity (Wildman–Crippen MR) is 191 cm³/mol. The lowest BCUT2D eigenvalue weighted by Crippen LogP contribution is -2.53. The number of nitrogens with zero attached hydrogens (tertiary/aromatic N) is 4. The lowest BCUT2D eigenvalue weighted by atomic mass is 9.91. The Kier molecular flexibility index (Phi) is 11.2. The minimum absolute atomic E-state index is 0.00149. The van der Waals surface area contributed by atoms with E-state index in [9.17, 15) is 27.6 Å². The Bertz CT molecular complexity index is 1780. The van der Waals surface area contributed by atoms with Crippen LogP contribution >= 0.6 is 0 Å². The lowest BCUT2D eigenvalue weighted by Gasteiger charge is -2.30. The molecule has 1 saturated heterocycles. The van der Waals surface area contributed by atoms with Crippen LogP contribution in [0.15, 0.2) is 36.4 Å². The number of ketones is 1. The van der Waals surface area contributed by atoms with E-state index in [1.54, 1.807) is 20.8 Å². The molecule has 2 aromatic rings. The van der Waals surface area contributed by atoms with E-state index < -0.39 is 57.3 Å². The standard InChI is InChI=1S/C36H52N6O8S/c1-23(2)42-28-18-14-13-16-26(28)37-33(42)49-25-19-29-30(43)21-36(32(45)39-51(47,48)40(6)7)20-24(36)15-11-9-8-10-12-17-27(31(44)41(29)22-25)38-34(46)50-35(3,4)5/h11,13-16,18,23-25,27,29H,8-10,12,17,19-22H2,1-7H3,(H,38,46)(H,39,45)/b15-11-/t24-,25+,27-,29-,36+/m0/s1. The van der Waals surface area contributed by atoms with Crippen molar-refractivity contribution in [2.45, 2.75) is 116 Å². The van der Waals surface area contributed by atoms with Gasteiger partial charge in [-0.1, -0.05) is 37.1 Å². The van der Waals surface area contributed by atoms with E-state index in [0.717, 1.165) is 28.2 Å². The van der Waals surface area contributed by atoms with E-state index in [1.165, 1.54) is 19.0 Å². The highest BCUT2D eigenvalue weighted by molar-refractivity contribution is 7.87. The molecular weight excluding hydrogens is 676 g/mol. The summed E-state index contributed by atoms with van der Waals surface area (Å²) < 4.78 is 42.4. The predicted octanol–water partition coefficient (Wildman–Crippen LogP) is 4.27. The molecule has 0 bridgehead atoms. The molecule has 51 heavy (non-hydrogen) atoms. The quantitative estimate of drug-likeness (QED) is 0.396. The zero-order chi connectivity index (χ0) is 37.3. The maximum atomic E-state index is 14.4. The minimum atomic E-state index is -4.11. The number of amides is 3. The molecule has 1 aliphatic carbocycles. The Balaban J connectivity index is 1.49. The number of Topliss-reactive ketones (excluding diaryl/α,β-unsaturated/α-hetero) is 1. The second kappa shape index (κ2) is 14.9. The maximum absolute atomic E-state index is 14.4. The molecule has 3 amide bonds. The molecule has 0 spiro atoms. The highest BCUT2D eigenvalue weighted by atomic mass is 32.2. The number of benzene rings is 1. The average molecular weight is 729 g/mol. The summed E-state index contributed by atoms with van der Waals surface area (Å²) in [6, 6.07) is 6.06. The summed E-state index contributed by atoms with van der Waals surface area (Å²) >= 11 is 0. The fourth-order valence-electron chi connectivity index (χ4n) is 7.01. The smallest absolute Gasteiger partial charge is 0.408 e. The van der Waals surface area contributed by atoms with Gasteiger partial charge in [-0.2, -0.15) is 17.7 Å². The number of hydrogen-bond acceptors (Lipinski definition) is 9. The molecule has 0 unspecified atom stereocenters. The second-order valence-electron chi connectivity index (χ2n) is 15.4. The van der Waals surface area contributed by atoms with Crippen LogP contribution in [0, 0.1) is 11.3 Å². The van der Waals surface area contributed by atoms with Crippen LogP contribution in [0.25, 0.3) is 11.0 Å². The Morgan fingerprint density at radius 2 is 1.82 bits per heavy atom. The molecular formula is C36H52N6O8S. The van der Waals surface area contributed by atoms with Crippen LogP contribution in [-0.4, -0.2) is 95.3 Å². The summed E-state index contributed by atoms with van der Waals surface area (Å²) in [4.78, 5) is 61.7. The molecule has 3 heterocycles. The second-order valence-corrected chi connectivity index (χ2v) is 17.3. The van der Waals surface area contributed by atoms with Crippen molar-refractivity contribution >= 4 is 44.9 Å². The number of imidazole rings is 1. The number of carbonyl (C=O) groups excluding carboxylic acids is 4. The van der Waals surface area contributed by atoms with Gasteiger partial charge in [0.2, 0.25) is 11.8 Å². The number of rotatable bonds is 7. The van der Waals surface area contributed by atoms with Crippen LogP contribution in [0.5, 0.6) is 6.01 Å². The molecule has 2 fully saturated rings. The van der Waals surface area contributed by atoms with Crippen molar-refractivity contribution in [3.8, 4) is 6.01 Å². The van der Waals surface area contributed by atoms with Gasteiger partial charge >= 0.3 is 16.3 Å². The van der Waals surface area contributed by atoms with Gasteiger partial charge in [0.05, 0.1) is 29.0 Å². The number of ether oxygens (including phenoxy) is 2. The van der Waals surface area contributed by atoms with Crippen LogP contribution < -0.4 is 14.8 Å². The van der Waals surface area contributed by atoms with Gasteiger partial charge in [0, 0.05) is 33.0 Å². The van der Waals surface area contributed by atoms with E-state index >= 15 is 0 Å². The minimum Gasteiger partial charge on any atom is -0.459 e. The van der Waals surface area contributed by atoms with Gasteiger partial charge in [-0.15, -0.1) is 0 Å². The number of aromatic nitrogens is 2. The zero-order valence-corrected chi connectivity index (χ0v) is 31.5. The molecule has 5 atom stereocenters. The van der Waals surface area contributed by atoms with Crippen molar-refractivity contribution < 1.29 is 37.1 Å². The topological polar surface area (TPSA) is 169 Å². The first-order valence-corrected chi connectivity index (χ1v) is 19.2. The SMILES string of the molecule is CC(C)n1c(O[C@@H]2C[C@H]3C(=O)C[C@]4(C(=O)NS(=O)(=O)N(C)C)C[C@@H]4/C=C\CCCCC[C@H](NC(=O)OC(C)(C)C)C(=O)N3C2)nc2ccccc21. The molecule has 1 saturated carbocycles. The highest BCUT2D eigenvalue weighted by Crippen LogP contribution is 2.57. The molecule has 2 aliphatic heterocycles. The Morgan fingerprint density at radius 1 is 1.10 bits per heavy atom. The third kappa shape index (κ3) is 8.74. The van der Waals surface area contributed by atoms with Crippen LogP contribution in [0.1, 0.15) is 92.0 Å². The number of hydrogen-bond donors (Lipinski definition) is 2. The molecule has 15 heteroatoms. The third-order valence-corrected chi connectivity index (χ3v) is 11.2. The normalized spacial score (nSPS) is 27.0. The molecule has 14 nitrogen and oxygen atoms in total. The van der Waals surface area contributed by atoms with E-state index in [-0.39, 0.29) is 37.1 Å². The molecule has 280 valence electrons. The van der Waals surface area contributed by atoms with Crippen molar-refractivity contribution in [2.24, 2.45) is 11.3 Å². The van der Waals surface area contributed by atoms with Crippen LogP contribution in [0.3, 0.4) is 0 Å². The van der Waals surface area contributed by atoms with Crippen LogP contribution in [-0.2, 0) is 29.3 Å². The summed E-state index contributed by atoms with van der Waals surface area (Å²) in [6.07, 6.45) is 5.94. The lowest BCUT2D eigenvalue weighted by molar-refractivity contribution is -0.140. The van der Waals surface area contributed by atoms with Crippen molar-refractivity contribution in [2.75, 3.05) is 20.6 Å². The largest absolute Gasteiger partial charge is 0.459 e. The fourth-order valence-corrected chi connectivity index (χ4v) is 7.63. The molecule has 0 radical (unpaired) electrons. The van der Waals surface area contributed by atoms with Gasteiger partial charge in [0.25, 0.3) is 6.01 Å². The molecule has 2 N–H and O–H groups in total. The average Bonchev–Trinajstić information content (AvgIpc) is 3.36. The van der Waals surface area contributed by atoms with Crippen molar-refractivity contribution in [3.63, 3.8) is 0 Å². The number of alkyl carbamates (subject to hydrolysis) is 1. The number of carbonyl (C=O) groups is 4. The number of allylic oxidation sites excluding steroid dienone is 2. The first kappa shape index (κ1) is 38.3. The number of para-hydroxylation sites is 2. The monoisotopic (exact) mass is 728 g/mol. The highest BCUT2D eigenvalue weighted by Gasteiger charge is 2.61. The van der Waals surface area contributed by atoms with E-state index in [0.29, 0.717) is 31.7 Å². The van der Waals surface area contributed by atoms with E-state index in [2.05, 4.69) is 10.0 Å². The van der Waals surface area contributed by atoms with Crippen molar-refractivity contribution in [1.82, 2.24) is 28.8 Å². The van der Waals surface area contributed by atoms with Gasteiger partial charge in [-0.05, 0) is 78.4 Å². The summed E-state index contributed by atoms with van der Waals surface area (Å²) in [5.74, 6) is -1.92.